The number of benzene rings is 1. The molecule has 0 spiro atoms. The molecule has 0 aliphatic heterocycles. The molecule has 0 aliphatic rings. The molecule has 24 heavy (non-hydrogen) atoms. The van der Waals surface area contributed by atoms with Gasteiger partial charge < -0.3 is 14.2 Å². The Kier molecular flexibility index (Phi) is 5.54. The summed E-state index contributed by atoms with van der Waals surface area (Å²) >= 11 is 1.00. The van der Waals surface area contributed by atoms with Crippen molar-refractivity contribution in [3.8, 4) is 17.2 Å². The number of thiophene rings is 1. The van der Waals surface area contributed by atoms with E-state index in [0.717, 1.165) is 11.3 Å². The van der Waals surface area contributed by atoms with Crippen molar-refractivity contribution in [2.45, 2.75) is 0 Å². The molecule has 0 amide bonds. The van der Waals surface area contributed by atoms with E-state index in [-0.39, 0.29) is 10.8 Å². The summed E-state index contributed by atoms with van der Waals surface area (Å²) in [6, 6.07) is 4.50. The first-order chi connectivity index (χ1) is 11.5. The predicted molar refractivity (Wildman–Crippen MR) is 90.4 cm³/mol. The third kappa shape index (κ3) is 3.72. The fraction of sp³-hybridized carbons (Fsp3) is 0.188. The van der Waals surface area contributed by atoms with Crippen molar-refractivity contribution < 1.29 is 23.9 Å². The number of carbonyl (C=O) groups excluding carboxylic acids is 1. The zero-order chi connectivity index (χ0) is 17.7. The second kappa shape index (κ2) is 7.60. The highest BCUT2D eigenvalue weighted by molar-refractivity contribution is 7.13. The molecule has 1 aromatic heterocycles. The number of ether oxygens (including phenoxy) is 3. The van der Waals surface area contributed by atoms with Crippen LogP contribution in [0.25, 0.3) is 6.08 Å². The zero-order valence-corrected chi connectivity index (χ0v) is 14.1. The van der Waals surface area contributed by atoms with Crippen molar-refractivity contribution >= 4 is 28.2 Å². The average molecular weight is 349 g/mol. The van der Waals surface area contributed by atoms with Gasteiger partial charge >= 0.3 is 5.00 Å². The Morgan fingerprint density at radius 1 is 1.12 bits per heavy atom. The molecular formula is C16H15NO6S. The van der Waals surface area contributed by atoms with Crippen LogP contribution in [0.1, 0.15) is 15.9 Å². The molecule has 0 aliphatic carbocycles. The van der Waals surface area contributed by atoms with Crippen LogP contribution < -0.4 is 14.2 Å². The van der Waals surface area contributed by atoms with Gasteiger partial charge in [-0.15, -0.1) is 0 Å². The van der Waals surface area contributed by atoms with E-state index < -0.39 is 4.92 Å². The van der Waals surface area contributed by atoms with E-state index in [1.54, 1.807) is 17.5 Å². The minimum Gasteiger partial charge on any atom is -0.493 e. The molecule has 2 aromatic rings. The number of hydrogen-bond acceptors (Lipinski definition) is 7. The van der Waals surface area contributed by atoms with Gasteiger partial charge in [0.15, 0.2) is 17.3 Å². The minimum absolute atomic E-state index is 0.0230. The van der Waals surface area contributed by atoms with Crippen molar-refractivity contribution in [1.29, 1.82) is 0 Å². The highest BCUT2D eigenvalue weighted by Crippen LogP contribution is 2.38. The summed E-state index contributed by atoms with van der Waals surface area (Å²) in [5.74, 6) is 0.858. The number of rotatable bonds is 7. The van der Waals surface area contributed by atoms with Gasteiger partial charge in [0.2, 0.25) is 5.75 Å². The number of ketones is 1. The number of carbonyl (C=O) groups is 1. The first kappa shape index (κ1) is 17.5. The van der Waals surface area contributed by atoms with Crippen LogP contribution in [0.5, 0.6) is 17.2 Å². The van der Waals surface area contributed by atoms with Crippen LogP contribution in [0.2, 0.25) is 0 Å². The quantitative estimate of drug-likeness (QED) is 0.329. The third-order valence-electron chi connectivity index (χ3n) is 3.16. The minimum atomic E-state index is -0.469. The van der Waals surface area contributed by atoms with E-state index in [2.05, 4.69) is 0 Å². The Bertz CT molecular complexity index is 771. The second-order valence-corrected chi connectivity index (χ2v) is 5.48. The highest BCUT2D eigenvalue weighted by Gasteiger charge is 2.16. The summed E-state index contributed by atoms with van der Waals surface area (Å²) < 4.78 is 15.6. The van der Waals surface area contributed by atoms with Gasteiger partial charge in [0.25, 0.3) is 0 Å². The number of nitrogens with zero attached hydrogens (tertiary/aromatic N) is 1. The molecule has 126 valence electrons. The van der Waals surface area contributed by atoms with Crippen molar-refractivity contribution in [1.82, 2.24) is 0 Å². The summed E-state index contributed by atoms with van der Waals surface area (Å²) in [5.41, 5.74) is 0.943. The molecule has 0 fully saturated rings. The molecule has 0 bridgehead atoms. The molecule has 0 radical (unpaired) electrons. The molecule has 1 aromatic carbocycles. The maximum atomic E-state index is 12.3. The summed E-state index contributed by atoms with van der Waals surface area (Å²) in [5, 5.41) is 12.3. The standard InChI is InChI=1S/C16H15NO6S/c1-21-13-7-11(8-14(22-2)16(13)23-3)12(18)5-4-10-6-15(17(19)20)24-9-10/h4-9H,1-3H3/b5-4-. The summed E-state index contributed by atoms with van der Waals surface area (Å²) in [6.07, 6.45) is 2.86. The Balaban J connectivity index is 2.28. The molecule has 7 nitrogen and oxygen atoms in total. The van der Waals surface area contributed by atoms with Crippen molar-refractivity contribution in [2.24, 2.45) is 0 Å². The Hall–Kier alpha value is -2.87. The average Bonchev–Trinajstić information content (AvgIpc) is 3.07. The van der Waals surface area contributed by atoms with Crippen LogP contribution in [0.15, 0.2) is 29.7 Å². The van der Waals surface area contributed by atoms with Crippen LogP contribution in [0, 0.1) is 10.1 Å². The Morgan fingerprint density at radius 3 is 2.21 bits per heavy atom. The number of hydrogen-bond donors (Lipinski definition) is 0. The van der Waals surface area contributed by atoms with Crippen molar-refractivity contribution in [3.63, 3.8) is 0 Å². The molecular weight excluding hydrogens is 334 g/mol. The largest absolute Gasteiger partial charge is 0.493 e. The topological polar surface area (TPSA) is 87.9 Å². The van der Waals surface area contributed by atoms with Crippen molar-refractivity contribution in [2.75, 3.05) is 21.3 Å². The molecule has 0 N–H and O–H groups in total. The van der Waals surface area contributed by atoms with Crippen LogP contribution in [0.4, 0.5) is 5.00 Å². The molecule has 1 heterocycles. The highest BCUT2D eigenvalue weighted by atomic mass is 32.1. The third-order valence-corrected chi connectivity index (χ3v) is 4.06. The molecule has 0 atom stereocenters. The molecule has 0 saturated carbocycles. The van der Waals surface area contributed by atoms with Crippen LogP contribution >= 0.6 is 11.3 Å². The lowest BCUT2D eigenvalue weighted by molar-refractivity contribution is -0.380. The Morgan fingerprint density at radius 2 is 1.75 bits per heavy atom. The van der Waals surface area contributed by atoms with Crippen LogP contribution in [-0.4, -0.2) is 32.0 Å². The fourth-order valence-electron chi connectivity index (χ4n) is 2.01. The maximum Gasteiger partial charge on any atom is 0.324 e. The molecule has 0 unspecified atom stereocenters. The van der Waals surface area contributed by atoms with Gasteiger partial charge in [-0.1, -0.05) is 11.3 Å². The van der Waals surface area contributed by atoms with Gasteiger partial charge in [0.05, 0.1) is 26.3 Å². The lowest BCUT2D eigenvalue weighted by Gasteiger charge is -2.13. The number of nitro groups is 1. The summed E-state index contributed by atoms with van der Waals surface area (Å²) in [6.45, 7) is 0. The van der Waals surface area contributed by atoms with Gasteiger partial charge in [0, 0.05) is 17.0 Å². The molecule has 2 rings (SSSR count). The lowest BCUT2D eigenvalue weighted by atomic mass is 10.1. The van der Waals surface area contributed by atoms with E-state index in [1.807, 2.05) is 0 Å². The van der Waals surface area contributed by atoms with E-state index in [9.17, 15) is 14.9 Å². The summed E-state index contributed by atoms with van der Waals surface area (Å²) in [7, 11) is 4.41. The van der Waals surface area contributed by atoms with Gasteiger partial charge in [0.1, 0.15) is 0 Å². The molecule has 8 heteroatoms. The first-order valence-corrected chi connectivity index (χ1v) is 7.63. The van der Waals surface area contributed by atoms with E-state index in [4.69, 9.17) is 14.2 Å². The van der Waals surface area contributed by atoms with Gasteiger partial charge in [-0.2, -0.15) is 0 Å². The zero-order valence-electron chi connectivity index (χ0n) is 13.3. The normalized spacial score (nSPS) is 10.6. The number of methoxy groups -OCH3 is 3. The van der Waals surface area contributed by atoms with Crippen LogP contribution in [0.3, 0.4) is 0 Å². The van der Waals surface area contributed by atoms with Crippen LogP contribution in [-0.2, 0) is 0 Å². The van der Waals surface area contributed by atoms with Gasteiger partial charge in [-0.3, -0.25) is 14.9 Å². The number of allylic oxidation sites excluding steroid dienone is 1. The van der Waals surface area contributed by atoms with Gasteiger partial charge in [-0.25, -0.2) is 0 Å². The predicted octanol–water partition coefficient (Wildman–Crippen LogP) is 3.58. The first-order valence-electron chi connectivity index (χ1n) is 6.75. The van der Waals surface area contributed by atoms with E-state index in [0.29, 0.717) is 28.4 Å². The lowest BCUT2D eigenvalue weighted by Crippen LogP contribution is -2.00. The van der Waals surface area contributed by atoms with Crippen molar-refractivity contribution in [3.05, 3.63) is 50.9 Å². The Labute approximate surface area is 142 Å². The molecule has 0 saturated heterocycles. The van der Waals surface area contributed by atoms with E-state index in [1.165, 1.54) is 39.5 Å². The maximum absolute atomic E-state index is 12.3. The van der Waals surface area contributed by atoms with Gasteiger partial charge in [-0.05, 0) is 29.8 Å². The SMILES string of the molecule is COc1cc(C(=O)/C=C\c2csc([N+](=O)[O-])c2)cc(OC)c1OC. The summed E-state index contributed by atoms with van der Waals surface area (Å²) in [4.78, 5) is 22.5. The monoisotopic (exact) mass is 349 g/mol. The fourth-order valence-corrected chi connectivity index (χ4v) is 2.71. The second-order valence-electron chi connectivity index (χ2n) is 4.59. The van der Waals surface area contributed by atoms with E-state index >= 15 is 0 Å². The smallest absolute Gasteiger partial charge is 0.324 e.